The fraction of sp³-hybridized carbons (Fsp3) is 0.556. The first-order valence-corrected chi connectivity index (χ1v) is 11.1. The fourth-order valence-corrected chi connectivity index (χ4v) is 4.33. The minimum absolute atomic E-state index is 0. The molecule has 29 heavy (non-hydrogen) atoms. The van der Waals surface area contributed by atoms with Crippen LogP contribution in [0.4, 0.5) is 0 Å². The Morgan fingerprint density at radius 2 is 2.00 bits per heavy atom. The predicted molar refractivity (Wildman–Crippen MR) is 124 cm³/mol. The zero-order valence-corrected chi connectivity index (χ0v) is 20.5. The van der Waals surface area contributed by atoms with Crippen LogP contribution in [-0.2, 0) is 19.6 Å². The minimum Gasteiger partial charge on any atom is -0.466 e. The second kappa shape index (κ2) is 12.6. The van der Waals surface area contributed by atoms with Crippen molar-refractivity contribution in [3.63, 3.8) is 0 Å². The Hall–Kier alpha value is -1.11. The van der Waals surface area contributed by atoms with Crippen LogP contribution in [0.2, 0.25) is 5.02 Å². The Balaban J connectivity index is 0.00000420. The van der Waals surface area contributed by atoms with E-state index in [0.29, 0.717) is 50.1 Å². The molecule has 0 unspecified atom stereocenters. The molecule has 8 nitrogen and oxygen atoms in total. The van der Waals surface area contributed by atoms with Gasteiger partial charge in [-0.2, -0.15) is 0 Å². The van der Waals surface area contributed by atoms with E-state index < -0.39 is 10.0 Å². The third-order valence-corrected chi connectivity index (χ3v) is 6.13. The van der Waals surface area contributed by atoms with Gasteiger partial charge in [0, 0.05) is 38.2 Å². The maximum atomic E-state index is 12.3. The highest BCUT2D eigenvalue weighted by atomic mass is 127. The summed E-state index contributed by atoms with van der Waals surface area (Å²) in [4.78, 5) is 18.3. The third kappa shape index (κ3) is 7.91. The van der Waals surface area contributed by atoms with E-state index in [4.69, 9.17) is 16.3 Å². The number of rotatable bonds is 7. The Kier molecular flexibility index (Phi) is 11.2. The van der Waals surface area contributed by atoms with Gasteiger partial charge in [0.15, 0.2) is 5.96 Å². The molecule has 1 heterocycles. The lowest BCUT2D eigenvalue weighted by molar-refractivity contribution is -0.149. The van der Waals surface area contributed by atoms with E-state index >= 15 is 0 Å². The number of halogens is 2. The van der Waals surface area contributed by atoms with Crippen LogP contribution in [0.15, 0.2) is 34.2 Å². The number of guanidine groups is 1. The van der Waals surface area contributed by atoms with Crippen molar-refractivity contribution in [2.45, 2.75) is 24.7 Å². The number of piperidine rings is 1. The zero-order valence-electron chi connectivity index (χ0n) is 16.6. The van der Waals surface area contributed by atoms with Gasteiger partial charge in [-0.15, -0.1) is 24.0 Å². The Morgan fingerprint density at radius 1 is 1.31 bits per heavy atom. The van der Waals surface area contributed by atoms with Gasteiger partial charge in [0.25, 0.3) is 0 Å². The quantitative estimate of drug-likeness (QED) is 0.175. The number of carbonyl (C=O) groups is 1. The highest BCUT2D eigenvalue weighted by Gasteiger charge is 2.27. The molecule has 164 valence electrons. The SMILES string of the molecule is CCOC(=O)C1CCN(C(=NC)NCCNS(=O)(=O)c2cccc(Cl)c2)CC1.I. The summed E-state index contributed by atoms with van der Waals surface area (Å²) in [5, 5.41) is 3.52. The number of aliphatic imine (C=N–C) groups is 1. The number of likely N-dealkylation sites (tertiary alicyclic amines) is 1. The van der Waals surface area contributed by atoms with E-state index in [2.05, 4.69) is 19.9 Å². The van der Waals surface area contributed by atoms with Crippen molar-refractivity contribution < 1.29 is 17.9 Å². The highest BCUT2D eigenvalue weighted by Crippen LogP contribution is 2.18. The first-order valence-electron chi connectivity index (χ1n) is 9.25. The van der Waals surface area contributed by atoms with E-state index in [-0.39, 0.29) is 47.3 Å². The summed E-state index contributed by atoms with van der Waals surface area (Å²) in [5.41, 5.74) is 0. The number of carbonyl (C=O) groups excluding carboxylic acids is 1. The summed E-state index contributed by atoms with van der Waals surface area (Å²) in [6.07, 6.45) is 1.42. The molecule has 0 aliphatic carbocycles. The summed E-state index contributed by atoms with van der Waals surface area (Å²) in [5.74, 6) is 0.476. The van der Waals surface area contributed by atoms with Crippen LogP contribution in [0.3, 0.4) is 0 Å². The van der Waals surface area contributed by atoms with E-state index in [1.165, 1.54) is 12.1 Å². The molecule has 1 fully saturated rings. The molecular formula is C18H28ClIN4O4S. The van der Waals surface area contributed by atoms with Gasteiger partial charge in [-0.25, -0.2) is 13.1 Å². The average Bonchev–Trinajstić information content (AvgIpc) is 2.68. The maximum absolute atomic E-state index is 12.3. The molecule has 0 bridgehead atoms. The first-order chi connectivity index (χ1) is 13.4. The lowest BCUT2D eigenvalue weighted by Crippen LogP contribution is -2.48. The standard InChI is InChI=1S/C18H27ClN4O4S.HI/c1-3-27-17(24)14-7-11-23(12-8-14)18(20-2)21-9-10-22-28(25,26)16-6-4-5-15(19)13-16;/h4-6,13-14,22H,3,7-12H2,1-2H3,(H,20,21);1H. The molecule has 0 amide bonds. The number of benzene rings is 1. The van der Waals surface area contributed by atoms with Crippen molar-refractivity contribution in [3.8, 4) is 0 Å². The average molecular weight is 559 g/mol. The molecule has 11 heteroatoms. The Bertz CT molecular complexity index is 799. The van der Waals surface area contributed by atoms with Gasteiger partial charge in [-0.3, -0.25) is 9.79 Å². The molecule has 0 atom stereocenters. The van der Waals surface area contributed by atoms with E-state index in [0.717, 1.165) is 0 Å². The highest BCUT2D eigenvalue weighted by molar-refractivity contribution is 14.0. The van der Waals surface area contributed by atoms with Crippen LogP contribution >= 0.6 is 35.6 Å². The van der Waals surface area contributed by atoms with Gasteiger partial charge in [-0.05, 0) is 38.0 Å². The van der Waals surface area contributed by atoms with Crippen molar-refractivity contribution in [2.75, 3.05) is 39.8 Å². The summed E-state index contributed by atoms with van der Waals surface area (Å²) < 4.78 is 32.2. The zero-order chi connectivity index (χ0) is 20.6. The molecule has 0 spiro atoms. The number of nitrogens with one attached hydrogen (secondary N) is 2. The summed E-state index contributed by atoms with van der Waals surface area (Å²) >= 11 is 5.85. The van der Waals surface area contributed by atoms with Crippen LogP contribution in [0.1, 0.15) is 19.8 Å². The van der Waals surface area contributed by atoms with Crippen LogP contribution in [0, 0.1) is 5.92 Å². The normalized spacial score (nSPS) is 15.6. The van der Waals surface area contributed by atoms with Gasteiger partial charge in [-0.1, -0.05) is 17.7 Å². The molecule has 0 aromatic heterocycles. The number of hydrogen-bond donors (Lipinski definition) is 2. The molecule has 0 radical (unpaired) electrons. The van der Waals surface area contributed by atoms with Gasteiger partial charge < -0.3 is 15.0 Å². The molecule has 1 aromatic carbocycles. The number of ether oxygens (including phenoxy) is 1. The molecule has 1 saturated heterocycles. The van der Waals surface area contributed by atoms with E-state index in [9.17, 15) is 13.2 Å². The van der Waals surface area contributed by atoms with Crippen molar-refractivity contribution in [3.05, 3.63) is 29.3 Å². The second-order valence-electron chi connectivity index (χ2n) is 6.34. The third-order valence-electron chi connectivity index (χ3n) is 4.43. The van der Waals surface area contributed by atoms with Crippen molar-refractivity contribution in [2.24, 2.45) is 10.9 Å². The smallest absolute Gasteiger partial charge is 0.309 e. The fourth-order valence-electron chi connectivity index (χ4n) is 3.00. The number of nitrogens with zero attached hydrogens (tertiary/aromatic N) is 2. The molecule has 0 saturated carbocycles. The molecule has 1 aliphatic heterocycles. The number of esters is 1. The summed E-state index contributed by atoms with van der Waals surface area (Å²) in [6.45, 7) is 4.17. The second-order valence-corrected chi connectivity index (χ2v) is 8.55. The largest absolute Gasteiger partial charge is 0.466 e. The predicted octanol–water partition coefficient (Wildman–Crippen LogP) is 2.09. The van der Waals surface area contributed by atoms with Gasteiger partial charge in [0.1, 0.15) is 0 Å². The van der Waals surface area contributed by atoms with Crippen molar-refractivity contribution in [1.29, 1.82) is 0 Å². The Morgan fingerprint density at radius 3 is 2.59 bits per heavy atom. The molecule has 1 aliphatic rings. The number of sulfonamides is 1. The molecular weight excluding hydrogens is 531 g/mol. The van der Waals surface area contributed by atoms with Gasteiger partial charge in [0.05, 0.1) is 17.4 Å². The molecule has 2 rings (SSSR count). The Labute approximate surface area is 194 Å². The van der Waals surface area contributed by atoms with Gasteiger partial charge in [0.2, 0.25) is 10.0 Å². The molecule has 1 aromatic rings. The van der Waals surface area contributed by atoms with Crippen LogP contribution in [0.25, 0.3) is 0 Å². The van der Waals surface area contributed by atoms with E-state index in [1.807, 2.05) is 0 Å². The van der Waals surface area contributed by atoms with Crippen LogP contribution in [-0.4, -0.2) is 65.1 Å². The maximum Gasteiger partial charge on any atom is 0.309 e. The van der Waals surface area contributed by atoms with Crippen molar-refractivity contribution in [1.82, 2.24) is 14.9 Å². The minimum atomic E-state index is -3.61. The first kappa shape index (κ1) is 25.9. The monoisotopic (exact) mass is 558 g/mol. The van der Waals surface area contributed by atoms with Crippen LogP contribution in [0.5, 0.6) is 0 Å². The van der Waals surface area contributed by atoms with E-state index in [1.54, 1.807) is 26.1 Å². The lowest BCUT2D eigenvalue weighted by Gasteiger charge is -2.33. The van der Waals surface area contributed by atoms with Crippen molar-refractivity contribution >= 4 is 57.5 Å². The summed E-state index contributed by atoms with van der Waals surface area (Å²) in [6, 6.07) is 6.12. The van der Waals surface area contributed by atoms with Gasteiger partial charge >= 0.3 is 5.97 Å². The summed E-state index contributed by atoms with van der Waals surface area (Å²) in [7, 11) is -1.94. The lowest BCUT2D eigenvalue weighted by atomic mass is 9.97. The molecule has 2 N–H and O–H groups in total. The topological polar surface area (TPSA) is 100 Å². The number of hydrogen-bond acceptors (Lipinski definition) is 5. The van der Waals surface area contributed by atoms with Crippen LogP contribution < -0.4 is 10.0 Å².